The summed E-state index contributed by atoms with van der Waals surface area (Å²) in [5, 5.41) is 4.58. The van der Waals surface area contributed by atoms with Crippen molar-refractivity contribution in [2.45, 2.75) is 39.3 Å². The fourth-order valence-electron chi connectivity index (χ4n) is 5.20. The third kappa shape index (κ3) is 7.83. The van der Waals surface area contributed by atoms with Crippen LogP contribution < -0.4 is 10.1 Å². The van der Waals surface area contributed by atoms with Gasteiger partial charge in [-0.1, -0.05) is 37.6 Å². The molecule has 2 atom stereocenters. The molecule has 1 unspecified atom stereocenters. The SMILES string of the molecule is CCCN(CCC)C(C[S@@](C)=O)c1ccc(-c2ccc3ncnc(Nc4ccc(OCc5cccc(F)c5)c(Cl)c4)c3c2)o1. The van der Waals surface area contributed by atoms with Crippen molar-refractivity contribution in [2.24, 2.45) is 0 Å². The number of nitrogens with zero attached hydrogens (tertiary/aromatic N) is 3. The van der Waals surface area contributed by atoms with Crippen LogP contribution in [-0.2, 0) is 17.4 Å². The largest absolute Gasteiger partial charge is 0.487 e. The zero-order valence-corrected chi connectivity index (χ0v) is 26.6. The predicted molar refractivity (Wildman–Crippen MR) is 177 cm³/mol. The third-order valence-electron chi connectivity index (χ3n) is 7.21. The van der Waals surface area contributed by atoms with Gasteiger partial charge in [0.1, 0.15) is 41.8 Å². The van der Waals surface area contributed by atoms with Crippen LogP contribution in [0.5, 0.6) is 5.75 Å². The van der Waals surface area contributed by atoms with Crippen LogP contribution in [0.4, 0.5) is 15.9 Å². The molecule has 0 bridgehead atoms. The molecule has 230 valence electrons. The summed E-state index contributed by atoms with van der Waals surface area (Å²) in [6.07, 6.45) is 5.28. The Hall–Kier alpha value is -3.79. The van der Waals surface area contributed by atoms with Crippen LogP contribution in [0.2, 0.25) is 5.02 Å². The molecule has 1 N–H and O–H groups in total. The van der Waals surface area contributed by atoms with Crippen molar-refractivity contribution in [2.75, 3.05) is 30.4 Å². The fourth-order valence-corrected chi connectivity index (χ4v) is 6.26. The summed E-state index contributed by atoms with van der Waals surface area (Å²) in [7, 11) is -0.972. The number of ether oxygens (including phenoxy) is 1. The topological polar surface area (TPSA) is 80.5 Å². The van der Waals surface area contributed by atoms with Gasteiger partial charge >= 0.3 is 0 Å². The predicted octanol–water partition coefficient (Wildman–Crippen LogP) is 8.55. The van der Waals surface area contributed by atoms with Gasteiger partial charge in [-0.15, -0.1) is 0 Å². The molecule has 3 aromatic carbocycles. The van der Waals surface area contributed by atoms with Gasteiger partial charge in [-0.25, -0.2) is 14.4 Å². The molecule has 0 amide bonds. The smallest absolute Gasteiger partial charge is 0.141 e. The number of furan rings is 1. The van der Waals surface area contributed by atoms with Crippen molar-refractivity contribution >= 4 is 44.8 Å². The molecule has 7 nitrogen and oxygen atoms in total. The lowest BCUT2D eigenvalue weighted by atomic mass is 10.1. The molecular weight excluding hydrogens is 599 g/mol. The summed E-state index contributed by atoms with van der Waals surface area (Å²) in [4.78, 5) is 11.3. The fraction of sp³-hybridized carbons (Fsp3) is 0.294. The molecule has 0 spiro atoms. The lowest BCUT2D eigenvalue weighted by Gasteiger charge is -2.29. The zero-order valence-electron chi connectivity index (χ0n) is 25.1. The van der Waals surface area contributed by atoms with Gasteiger partial charge in [0.25, 0.3) is 0 Å². The minimum Gasteiger partial charge on any atom is -0.487 e. The maximum absolute atomic E-state index is 13.5. The second-order valence-corrected chi connectivity index (χ2v) is 12.5. The van der Waals surface area contributed by atoms with Crippen LogP contribution in [0.25, 0.3) is 22.2 Å². The lowest BCUT2D eigenvalue weighted by Crippen LogP contribution is -2.33. The summed E-state index contributed by atoms with van der Waals surface area (Å²) in [5.41, 5.74) is 3.09. The number of hydrogen-bond donors (Lipinski definition) is 1. The van der Waals surface area contributed by atoms with Crippen molar-refractivity contribution in [3.8, 4) is 17.1 Å². The molecule has 2 heterocycles. The van der Waals surface area contributed by atoms with Crippen molar-refractivity contribution < 1.29 is 17.8 Å². The van der Waals surface area contributed by atoms with E-state index in [-0.39, 0.29) is 18.5 Å². The van der Waals surface area contributed by atoms with E-state index < -0.39 is 10.8 Å². The van der Waals surface area contributed by atoms with Crippen molar-refractivity contribution in [1.82, 2.24) is 14.9 Å². The minimum atomic E-state index is -0.972. The van der Waals surface area contributed by atoms with Gasteiger partial charge in [-0.05, 0) is 92.2 Å². The monoisotopic (exact) mass is 634 g/mol. The van der Waals surface area contributed by atoms with Gasteiger partial charge in [0, 0.05) is 39.4 Å². The van der Waals surface area contributed by atoms with Crippen molar-refractivity contribution in [1.29, 1.82) is 0 Å². The number of anilines is 2. The highest BCUT2D eigenvalue weighted by Crippen LogP contribution is 2.34. The first kappa shape index (κ1) is 31.6. The Balaban J connectivity index is 1.37. The van der Waals surface area contributed by atoms with E-state index in [0.29, 0.717) is 27.9 Å². The van der Waals surface area contributed by atoms with E-state index in [0.717, 1.165) is 59.6 Å². The lowest BCUT2D eigenvalue weighted by molar-refractivity contribution is 0.192. The summed E-state index contributed by atoms with van der Waals surface area (Å²) in [6, 6.07) is 21.5. The minimum absolute atomic E-state index is 0.0546. The second-order valence-electron chi connectivity index (χ2n) is 10.6. The van der Waals surface area contributed by atoms with E-state index in [2.05, 4.69) is 34.0 Å². The molecule has 0 fully saturated rings. The van der Waals surface area contributed by atoms with E-state index in [1.54, 1.807) is 30.5 Å². The molecule has 5 aromatic rings. The Kier molecular flexibility index (Phi) is 10.6. The van der Waals surface area contributed by atoms with Crippen LogP contribution in [0.1, 0.15) is 44.1 Å². The highest BCUT2D eigenvalue weighted by atomic mass is 35.5. The number of rotatable bonds is 14. The summed E-state index contributed by atoms with van der Waals surface area (Å²) < 4.78 is 38.0. The van der Waals surface area contributed by atoms with Gasteiger partial charge in [-0.2, -0.15) is 0 Å². The molecule has 44 heavy (non-hydrogen) atoms. The van der Waals surface area contributed by atoms with Crippen LogP contribution in [0, 0.1) is 5.82 Å². The average molecular weight is 635 g/mol. The highest BCUT2D eigenvalue weighted by molar-refractivity contribution is 7.84. The van der Waals surface area contributed by atoms with Crippen LogP contribution >= 0.6 is 11.6 Å². The van der Waals surface area contributed by atoms with E-state index >= 15 is 0 Å². The van der Waals surface area contributed by atoms with Crippen LogP contribution in [0.15, 0.2) is 83.5 Å². The van der Waals surface area contributed by atoms with E-state index in [1.165, 1.54) is 18.5 Å². The Morgan fingerprint density at radius 1 is 1.02 bits per heavy atom. The molecule has 0 aliphatic rings. The number of fused-ring (bicyclic) bond motifs is 1. The van der Waals surface area contributed by atoms with Gasteiger partial charge in [-0.3, -0.25) is 9.11 Å². The Labute approximate surface area is 264 Å². The van der Waals surface area contributed by atoms with Gasteiger partial charge < -0.3 is 14.5 Å². The van der Waals surface area contributed by atoms with Crippen molar-refractivity contribution in [3.05, 3.63) is 101 Å². The summed E-state index contributed by atoms with van der Waals surface area (Å²) >= 11 is 6.53. The highest BCUT2D eigenvalue weighted by Gasteiger charge is 2.24. The molecule has 0 aliphatic carbocycles. The Morgan fingerprint density at radius 2 is 1.84 bits per heavy atom. The molecular formula is C34H36ClFN4O3S. The average Bonchev–Trinajstić information content (AvgIpc) is 3.50. The number of benzene rings is 3. The molecule has 0 saturated carbocycles. The normalized spacial score (nSPS) is 12.9. The molecule has 0 radical (unpaired) electrons. The quantitative estimate of drug-likeness (QED) is 0.131. The van der Waals surface area contributed by atoms with E-state index in [4.69, 9.17) is 20.8 Å². The standard InChI is InChI=1S/C34H36ClFN4O3S/c1-4-15-40(16-5-2)30(21-44(3)41)33-14-13-31(43-33)24-9-11-29-27(18-24)34(38-22-37-29)39-26-10-12-32(28(35)19-26)42-20-23-7-6-8-25(36)17-23/h6-14,17-19,22,30H,4-5,15-16,20-21H2,1-3H3,(H,37,38,39)/t30?,44-/m1/s1. The zero-order chi connectivity index (χ0) is 31.1. The van der Waals surface area contributed by atoms with Crippen molar-refractivity contribution in [3.63, 3.8) is 0 Å². The number of halogens is 2. The first-order valence-corrected chi connectivity index (χ1v) is 16.8. The van der Waals surface area contributed by atoms with Crippen LogP contribution in [-0.4, -0.2) is 44.2 Å². The van der Waals surface area contributed by atoms with E-state index in [9.17, 15) is 8.60 Å². The molecule has 0 saturated heterocycles. The Bertz CT molecular complexity index is 1740. The molecule has 2 aromatic heterocycles. The summed E-state index contributed by atoms with van der Waals surface area (Å²) in [5.74, 6) is 2.85. The molecule has 10 heteroatoms. The summed E-state index contributed by atoms with van der Waals surface area (Å²) in [6.45, 7) is 6.34. The first-order chi connectivity index (χ1) is 21.3. The van der Waals surface area contributed by atoms with Gasteiger partial charge in [0.05, 0.1) is 16.6 Å². The third-order valence-corrected chi connectivity index (χ3v) is 8.29. The van der Waals surface area contributed by atoms with Gasteiger partial charge in [0.15, 0.2) is 0 Å². The molecule has 0 aliphatic heterocycles. The first-order valence-electron chi connectivity index (χ1n) is 14.7. The second kappa shape index (κ2) is 14.8. The van der Waals surface area contributed by atoms with Gasteiger partial charge in [0.2, 0.25) is 0 Å². The van der Waals surface area contributed by atoms with Crippen LogP contribution in [0.3, 0.4) is 0 Å². The molecule has 5 rings (SSSR count). The number of nitrogens with one attached hydrogen (secondary N) is 1. The number of aromatic nitrogens is 2. The maximum Gasteiger partial charge on any atom is 0.141 e. The number of hydrogen-bond acceptors (Lipinski definition) is 7. The maximum atomic E-state index is 13.5. The Morgan fingerprint density at radius 3 is 2.57 bits per heavy atom. The van der Waals surface area contributed by atoms with E-state index in [1.807, 2.05) is 36.4 Å².